The molecule has 11 aromatic rings. The molecule has 0 bridgehead atoms. The maximum absolute atomic E-state index is 5.42. The third-order valence-electron chi connectivity index (χ3n) is 9.78. The summed E-state index contributed by atoms with van der Waals surface area (Å²) >= 11 is 3.71. The molecule has 2 nitrogen and oxygen atoms in total. The van der Waals surface area contributed by atoms with Crippen molar-refractivity contribution in [3.05, 3.63) is 146 Å². The van der Waals surface area contributed by atoms with Gasteiger partial charge in [-0.2, -0.15) is 0 Å². The lowest BCUT2D eigenvalue weighted by molar-refractivity contribution is 1.25. The number of fused-ring (bicyclic) bond motifs is 14. The van der Waals surface area contributed by atoms with E-state index in [1.807, 2.05) is 22.7 Å². The second-order valence-corrected chi connectivity index (χ2v) is 14.5. The highest BCUT2D eigenvalue weighted by Crippen LogP contribution is 2.44. The SMILES string of the molecule is c1ccc2c(c1)ccc1c2nc2c3sc4ccc5ccccc5c4c3cc(-c3ccc(-c4ccc5sc6ccccc6c5c4)cc3)n12. The van der Waals surface area contributed by atoms with Gasteiger partial charge < -0.3 is 0 Å². The van der Waals surface area contributed by atoms with Gasteiger partial charge in [-0.1, -0.05) is 109 Å². The van der Waals surface area contributed by atoms with Crippen LogP contribution in [0.2, 0.25) is 0 Å². The summed E-state index contributed by atoms with van der Waals surface area (Å²) in [5.74, 6) is 0. The molecule has 0 saturated carbocycles. The van der Waals surface area contributed by atoms with E-state index in [2.05, 4.69) is 150 Å². The summed E-state index contributed by atoms with van der Waals surface area (Å²) in [5.41, 5.74) is 8.00. The Morgan fingerprint density at radius 2 is 1.11 bits per heavy atom. The van der Waals surface area contributed by atoms with Gasteiger partial charge in [0.2, 0.25) is 0 Å². The summed E-state index contributed by atoms with van der Waals surface area (Å²) < 4.78 is 7.58. The highest BCUT2D eigenvalue weighted by Gasteiger charge is 2.20. The number of pyridine rings is 1. The fourth-order valence-electron chi connectivity index (χ4n) is 7.56. The zero-order chi connectivity index (χ0) is 30.6. The number of nitrogens with zero attached hydrogens (tertiary/aromatic N) is 2. The molecule has 0 atom stereocenters. The molecule has 0 amide bonds. The number of imidazole rings is 1. The molecule has 0 N–H and O–H groups in total. The van der Waals surface area contributed by atoms with E-state index < -0.39 is 0 Å². The molecule has 0 radical (unpaired) electrons. The first-order chi connectivity index (χ1) is 23.3. The molecule has 0 saturated heterocycles. The standard InChI is InChI=1S/C43H24N2S2/c1-3-9-30-26(7-1)18-22-39-40(30)34-24-36(45-35-20-17-27-8-2-4-10-31(27)41(35)44-43(45)42(34)47-39)28-15-13-25(14-16-28)29-19-21-38-33(23-29)32-11-5-6-12-37(32)46-38/h1-24H. The molecule has 7 aromatic carbocycles. The summed E-state index contributed by atoms with van der Waals surface area (Å²) in [4.78, 5) is 5.42. The monoisotopic (exact) mass is 632 g/mol. The van der Waals surface area contributed by atoms with Crippen molar-refractivity contribution in [1.29, 1.82) is 0 Å². The van der Waals surface area contributed by atoms with Crippen LogP contribution < -0.4 is 0 Å². The maximum Gasteiger partial charge on any atom is 0.156 e. The van der Waals surface area contributed by atoms with Crippen molar-refractivity contribution in [2.24, 2.45) is 0 Å². The molecular formula is C43H24N2S2. The van der Waals surface area contributed by atoms with E-state index in [1.165, 1.54) is 78.6 Å². The summed E-state index contributed by atoms with van der Waals surface area (Å²) in [6, 6.07) is 53.4. The van der Waals surface area contributed by atoms with Crippen LogP contribution >= 0.6 is 22.7 Å². The summed E-state index contributed by atoms with van der Waals surface area (Å²) in [6.45, 7) is 0. The van der Waals surface area contributed by atoms with Crippen molar-refractivity contribution >= 4 is 101 Å². The van der Waals surface area contributed by atoms with Crippen LogP contribution in [0.15, 0.2) is 146 Å². The molecule has 4 heterocycles. The Balaban J connectivity index is 1.18. The number of benzene rings is 7. The van der Waals surface area contributed by atoms with Gasteiger partial charge in [-0.25, -0.2) is 4.98 Å². The topological polar surface area (TPSA) is 17.3 Å². The van der Waals surface area contributed by atoms with Gasteiger partial charge in [0, 0.05) is 41.0 Å². The number of hydrogen-bond acceptors (Lipinski definition) is 3. The van der Waals surface area contributed by atoms with Crippen LogP contribution in [0.1, 0.15) is 0 Å². The van der Waals surface area contributed by atoms with Crippen LogP contribution in [-0.4, -0.2) is 9.38 Å². The van der Waals surface area contributed by atoms with E-state index in [4.69, 9.17) is 4.98 Å². The first kappa shape index (κ1) is 25.6. The molecule has 4 heteroatoms. The van der Waals surface area contributed by atoms with Crippen molar-refractivity contribution in [3.8, 4) is 22.4 Å². The molecule has 47 heavy (non-hydrogen) atoms. The smallest absolute Gasteiger partial charge is 0.156 e. The van der Waals surface area contributed by atoms with Crippen LogP contribution in [0.4, 0.5) is 0 Å². The van der Waals surface area contributed by atoms with Gasteiger partial charge in [0.05, 0.1) is 21.4 Å². The predicted octanol–water partition coefficient (Wildman–Crippen LogP) is 12.9. The Morgan fingerprint density at radius 3 is 1.98 bits per heavy atom. The second kappa shape index (κ2) is 9.49. The minimum absolute atomic E-state index is 1.02. The van der Waals surface area contributed by atoms with Crippen molar-refractivity contribution in [2.45, 2.75) is 0 Å². The average Bonchev–Trinajstić information content (AvgIpc) is 3.83. The predicted molar refractivity (Wildman–Crippen MR) is 204 cm³/mol. The molecule has 11 rings (SSSR count). The van der Waals surface area contributed by atoms with Gasteiger partial charge in [-0.3, -0.25) is 4.40 Å². The van der Waals surface area contributed by atoms with Gasteiger partial charge in [0.25, 0.3) is 0 Å². The lowest BCUT2D eigenvalue weighted by Gasteiger charge is -2.11. The average molecular weight is 633 g/mol. The third kappa shape index (κ3) is 3.62. The number of aromatic nitrogens is 2. The molecule has 4 aromatic heterocycles. The van der Waals surface area contributed by atoms with E-state index in [-0.39, 0.29) is 0 Å². The summed E-state index contributed by atoms with van der Waals surface area (Å²) in [7, 11) is 0. The highest BCUT2D eigenvalue weighted by molar-refractivity contribution is 7.26. The minimum Gasteiger partial charge on any atom is -0.291 e. The Kier molecular flexibility index (Phi) is 5.17. The Bertz CT molecular complexity index is 3070. The summed E-state index contributed by atoms with van der Waals surface area (Å²) in [5, 5.41) is 10.2. The van der Waals surface area contributed by atoms with Gasteiger partial charge in [-0.05, 0) is 69.2 Å². The van der Waals surface area contributed by atoms with Crippen molar-refractivity contribution < 1.29 is 0 Å². The van der Waals surface area contributed by atoms with Gasteiger partial charge in [0.15, 0.2) is 5.65 Å². The fraction of sp³-hybridized carbons (Fsp3) is 0. The van der Waals surface area contributed by atoms with E-state index in [0.29, 0.717) is 0 Å². The van der Waals surface area contributed by atoms with Crippen LogP contribution in [0.3, 0.4) is 0 Å². The summed E-state index contributed by atoms with van der Waals surface area (Å²) in [6.07, 6.45) is 0. The molecule has 0 aliphatic heterocycles. The van der Waals surface area contributed by atoms with Gasteiger partial charge in [0.1, 0.15) is 0 Å². The van der Waals surface area contributed by atoms with Gasteiger partial charge in [-0.15, -0.1) is 22.7 Å². The lowest BCUT2D eigenvalue weighted by Crippen LogP contribution is -1.93. The zero-order valence-electron chi connectivity index (χ0n) is 25.1. The Labute approximate surface area is 277 Å². The van der Waals surface area contributed by atoms with Gasteiger partial charge >= 0.3 is 0 Å². The third-order valence-corrected chi connectivity index (χ3v) is 12.1. The van der Waals surface area contributed by atoms with E-state index in [0.717, 1.165) is 22.4 Å². The quantitative estimate of drug-likeness (QED) is 0.185. The molecule has 0 aliphatic carbocycles. The normalized spacial score (nSPS) is 12.3. The number of rotatable bonds is 2. The van der Waals surface area contributed by atoms with Crippen LogP contribution in [0.5, 0.6) is 0 Å². The van der Waals surface area contributed by atoms with Crippen molar-refractivity contribution in [1.82, 2.24) is 9.38 Å². The van der Waals surface area contributed by atoms with Crippen LogP contribution in [0, 0.1) is 0 Å². The number of hydrogen-bond donors (Lipinski definition) is 0. The Hall–Kier alpha value is -5.55. The molecule has 218 valence electrons. The highest BCUT2D eigenvalue weighted by atomic mass is 32.1. The molecular weight excluding hydrogens is 609 g/mol. The van der Waals surface area contributed by atoms with Crippen molar-refractivity contribution in [3.63, 3.8) is 0 Å². The fourth-order valence-corrected chi connectivity index (χ4v) is 9.82. The molecule has 0 aliphatic rings. The lowest BCUT2D eigenvalue weighted by atomic mass is 9.99. The van der Waals surface area contributed by atoms with E-state index in [1.54, 1.807) is 0 Å². The zero-order valence-corrected chi connectivity index (χ0v) is 26.7. The van der Waals surface area contributed by atoms with E-state index in [9.17, 15) is 0 Å². The van der Waals surface area contributed by atoms with Crippen LogP contribution in [-0.2, 0) is 0 Å². The molecule has 0 fully saturated rings. The minimum atomic E-state index is 1.02. The first-order valence-corrected chi connectivity index (χ1v) is 17.5. The second-order valence-electron chi connectivity index (χ2n) is 12.3. The largest absolute Gasteiger partial charge is 0.291 e. The van der Waals surface area contributed by atoms with E-state index >= 15 is 0 Å². The van der Waals surface area contributed by atoms with Crippen LogP contribution in [0.25, 0.3) is 101 Å². The number of thiophene rings is 2. The van der Waals surface area contributed by atoms with Crippen molar-refractivity contribution in [2.75, 3.05) is 0 Å². The first-order valence-electron chi connectivity index (χ1n) is 15.9. The maximum atomic E-state index is 5.42. The molecule has 0 unspecified atom stereocenters. The Morgan fingerprint density at radius 1 is 0.447 bits per heavy atom. The molecule has 0 spiro atoms.